The minimum Gasteiger partial charge on any atom is -0.508 e. The Labute approximate surface area is 343 Å². The van der Waals surface area contributed by atoms with Gasteiger partial charge < -0.3 is 24.1 Å². The van der Waals surface area contributed by atoms with E-state index >= 15 is 0 Å². The summed E-state index contributed by atoms with van der Waals surface area (Å²) in [7, 11) is 5.88. The van der Waals surface area contributed by atoms with E-state index in [1.165, 1.54) is 38.5 Å². The molecule has 11 nitrogen and oxygen atoms in total. The quantitative estimate of drug-likeness (QED) is 0.0789. The maximum atomic E-state index is 14.8. The Kier molecular flexibility index (Phi) is 9.76. The van der Waals surface area contributed by atoms with Crippen molar-refractivity contribution in [1.29, 1.82) is 0 Å². The average Bonchev–Trinajstić information content (AvgIpc) is 3.57. The molecule has 4 aromatic carbocycles. The number of aromatic hydroxyl groups is 1. The van der Waals surface area contributed by atoms with Crippen LogP contribution in [0.2, 0.25) is 0 Å². The van der Waals surface area contributed by atoms with Gasteiger partial charge in [0.15, 0.2) is 9.75 Å². The second-order valence-corrected chi connectivity index (χ2v) is 15.8. The smallest absolute Gasteiger partial charge is 0.258 e. The minimum atomic E-state index is -2.24. The molecule has 2 heterocycles. The van der Waals surface area contributed by atoms with Crippen molar-refractivity contribution < 1.29 is 47.6 Å². The van der Waals surface area contributed by atoms with Gasteiger partial charge in [-0.05, 0) is 78.9 Å². The first kappa shape index (κ1) is 39.0. The lowest BCUT2D eigenvalue weighted by Crippen LogP contribution is -2.60. The van der Waals surface area contributed by atoms with E-state index in [-0.39, 0.29) is 41.3 Å². The maximum Gasteiger partial charge on any atom is 0.258 e. The molecule has 0 radical (unpaired) electrons. The number of ether oxygens (including phenoxy) is 4. The van der Waals surface area contributed by atoms with E-state index in [2.05, 4.69) is 0 Å². The first-order valence-electron chi connectivity index (χ1n) is 18.4. The number of nitrogens with zero attached hydrogens (tertiary/aromatic N) is 2. The van der Waals surface area contributed by atoms with Crippen LogP contribution in [0.25, 0.3) is 12.2 Å². The zero-order valence-electron chi connectivity index (χ0n) is 31.7. The molecule has 14 heteroatoms. The van der Waals surface area contributed by atoms with E-state index in [4.69, 9.17) is 42.1 Å². The monoisotopic (exact) mass is 826 g/mol. The number of phenolic OH excluding ortho intramolecular Hbond substituents is 1. The number of carbonyl (C=O) groups excluding carboxylic acids is 4. The van der Waals surface area contributed by atoms with Crippen molar-refractivity contribution in [2.45, 2.75) is 28.5 Å². The standard InChI is InChI=1S/C44H37Cl2FN2O9/c1-55-29-15-18-33(56-2)24(19-29)8-5-23-6-11-26(12-7-23)48-39(51)31-17-16-30-32(36(31)40(48)52)22-43(45)41(53)49(27-13-9-25(47)10-14-27)42(54)44(43,46)38(30)37-34(57-3)20-28(50)21-35(37)58-4/h5-16,18-21,31-32,36,38,50H,17,22H2,1-4H3. The van der Waals surface area contributed by atoms with Crippen molar-refractivity contribution in [3.63, 3.8) is 0 Å². The third-order valence-electron chi connectivity index (χ3n) is 11.8. The van der Waals surface area contributed by atoms with Gasteiger partial charge >= 0.3 is 0 Å². The van der Waals surface area contributed by atoms with E-state index in [1.54, 1.807) is 56.7 Å². The van der Waals surface area contributed by atoms with Crippen LogP contribution in [0.5, 0.6) is 28.7 Å². The molecule has 8 rings (SSSR count). The summed E-state index contributed by atoms with van der Waals surface area (Å²) in [4.78, 5) is 55.9. The zero-order chi connectivity index (χ0) is 41.3. The number of imide groups is 2. The number of amides is 4. The summed E-state index contributed by atoms with van der Waals surface area (Å²) < 4.78 is 36.3. The Morgan fingerprint density at radius 3 is 1.97 bits per heavy atom. The van der Waals surface area contributed by atoms with Crippen LogP contribution in [0.3, 0.4) is 0 Å². The average molecular weight is 828 g/mol. The summed E-state index contributed by atoms with van der Waals surface area (Å²) in [5, 5.41) is 10.6. The van der Waals surface area contributed by atoms with Gasteiger partial charge in [0.05, 0.1) is 51.6 Å². The van der Waals surface area contributed by atoms with Gasteiger partial charge in [-0.15, -0.1) is 23.2 Å². The fourth-order valence-corrected chi connectivity index (χ4v) is 9.99. The molecule has 298 valence electrons. The predicted octanol–water partition coefficient (Wildman–Crippen LogP) is 7.50. The number of rotatable bonds is 9. The van der Waals surface area contributed by atoms with E-state index in [1.807, 2.05) is 18.2 Å². The number of halogens is 3. The van der Waals surface area contributed by atoms with Gasteiger partial charge in [-0.2, -0.15) is 0 Å². The third kappa shape index (κ3) is 5.75. The van der Waals surface area contributed by atoms with Gasteiger partial charge in [-0.1, -0.05) is 35.9 Å². The van der Waals surface area contributed by atoms with Crippen LogP contribution in [-0.4, -0.2) is 66.9 Å². The summed E-state index contributed by atoms with van der Waals surface area (Å²) in [5.41, 5.74) is 2.69. The zero-order valence-corrected chi connectivity index (χ0v) is 33.2. The largest absolute Gasteiger partial charge is 0.508 e. The number of hydrogen-bond donors (Lipinski definition) is 1. The molecule has 6 unspecified atom stereocenters. The Balaban J connectivity index is 1.19. The molecule has 58 heavy (non-hydrogen) atoms. The lowest BCUT2D eigenvalue weighted by atomic mass is 9.56. The molecule has 4 aliphatic rings. The van der Waals surface area contributed by atoms with Crippen LogP contribution in [0.15, 0.2) is 90.5 Å². The minimum absolute atomic E-state index is 0.0447. The highest BCUT2D eigenvalue weighted by molar-refractivity contribution is 6.58. The molecule has 2 aliphatic carbocycles. The van der Waals surface area contributed by atoms with Gasteiger partial charge in [-0.25, -0.2) is 9.29 Å². The summed E-state index contributed by atoms with van der Waals surface area (Å²) in [5.74, 6) is -5.88. The molecule has 4 aromatic rings. The van der Waals surface area contributed by atoms with Crippen LogP contribution < -0.4 is 28.7 Å². The Morgan fingerprint density at radius 1 is 0.724 bits per heavy atom. The predicted molar refractivity (Wildman–Crippen MR) is 215 cm³/mol. The number of anilines is 2. The van der Waals surface area contributed by atoms with Crippen molar-refractivity contribution in [2.75, 3.05) is 38.2 Å². The maximum absolute atomic E-state index is 14.8. The molecule has 2 saturated heterocycles. The lowest BCUT2D eigenvalue weighted by Gasteiger charge is -2.51. The number of carbonyl (C=O) groups is 4. The van der Waals surface area contributed by atoms with Crippen LogP contribution in [0.4, 0.5) is 15.8 Å². The van der Waals surface area contributed by atoms with Crippen molar-refractivity contribution in [2.24, 2.45) is 17.8 Å². The molecule has 1 N–H and O–H groups in total. The highest BCUT2D eigenvalue weighted by Gasteiger charge is 2.77. The molecule has 6 atom stereocenters. The number of fused-ring (bicyclic) bond motifs is 4. The first-order valence-corrected chi connectivity index (χ1v) is 19.1. The second kappa shape index (κ2) is 14.5. The molecule has 0 bridgehead atoms. The van der Waals surface area contributed by atoms with Crippen LogP contribution in [-0.2, 0) is 19.2 Å². The molecule has 0 aromatic heterocycles. The van der Waals surface area contributed by atoms with Crippen molar-refractivity contribution in [3.8, 4) is 28.7 Å². The van der Waals surface area contributed by atoms with Crippen molar-refractivity contribution in [1.82, 2.24) is 0 Å². The molecule has 3 fully saturated rings. The Hall–Kier alpha value is -5.85. The second-order valence-electron chi connectivity index (χ2n) is 14.6. The van der Waals surface area contributed by atoms with Crippen LogP contribution in [0, 0.1) is 23.6 Å². The molecule has 4 amide bonds. The van der Waals surface area contributed by atoms with Crippen LogP contribution in [0.1, 0.15) is 35.4 Å². The SMILES string of the molecule is COc1ccc(OC)c(C=Cc2ccc(N3C(=O)C4CC=C5C(CC6(Cl)C(=O)N(c7ccc(F)cc7)C(=O)C6(Cl)C5c5c(OC)cc(O)cc5OC)C4C3=O)cc2)c1. The molecule has 1 saturated carbocycles. The number of benzene rings is 4. The molecule has 0 spiro atoms. The summed E-state index contributed by atoms with van der Waals surface area (Å²) in [6.07, 6.45) is 5.36. The third-order valence-corrected chi connectivity index (χ3v) is 13.2. The van der Waals surface area contributed by atoms with Gasteiger partial charge in [0.25, 0.3) is 11.8 Å². The molecular weight excluding hydrogens is 790 g/mol. The normalized spacial score (nSPS) is 26.4. The van der Waals surface area contributed by atoms with E-state index in [0.29, 0.717) is 22.8 Å². The topological polar surface area (TPSA) is 132 Å². The highest BCUT2D eigenvalue weighted by Crippen LogP contribution is 2.67. The fraction of sp³-hybridized carbons (Fsp3) is 0.273. The first-order chi connectivity index (χ1) is 27.8. The van der Waals surface area contributed by atoms with E-state index in [0.717, 1.165) is 33.1 Å². The Morgan fingerprint density at radius 2 is 1.34 bits per heavy atom. The summed E-state index contributed by atoms with van der Waals surface area (Å²) in [6.45, 7) is 0. The number of hydrogen-bond acceptors (Lipinski definition) is 9. The molecular formula is C44H37Cl2FN2O9. The van der Waals surface area contributed by atoms with Gasteiger partial charge in [0.1, 0.15) is 34.6 Å². The van der Waals surface area contributed by atoms with Crippen LogP contribution >= 0.6 is 23.2 Å². The number of allylic oxidation sites excluding steroid dienone is 2. The number of phenols is 1. The number of methoxy groups -OCH3 is 4. The van der Waals surface area contributed by atoms with Crippen molar-refractivity contribution >= 4 is 70.4 Å². The molecule has 2 aliphatic heterocycles. The fourth-order valence-electron chi connectivity index (χ4n) is 9.07. The van der Waals surface area contributed by atoms with E-state index in [9.17, 15) is 28.7 Å². The van der Waals surface area contributed by atoms with Gasteiger partial charge in [-0.3, -0.25) is 24.1 Å². The van der Waals surface area contributed by atoms with E-state index < -0.39 is 62.9 Å². The van der Waals surface area contributed by atoms with Crippen molar-refractivity contribution in [3.05, 3.63) is 113 Å². The lowest BCUT2D eigenvalue weighted by molar-refractivity contribution is -0.125. The number of alkyl halides is 2. The summed E-state index contributed by atoms with van der Waals surface area (Å²) in [6, 6.07) is 19.8. The summed E-state index contributed by atoms with van der Waals surface area (Å²) >= 11 is 15.1. The highest BCUT2D eigenvalue weighted by atomic mass is 35.5. The van der Waals surface area contributed by atoms with Gasteiger partial charge in [0, 0.05) is 29.2 Å². The Bertz CT molecular complexity index is 2410. The van der Waals surface area contributed by atoms with Gasteiger partial charge in [0.2, 0.25) is 11.8 Å².